The van der Waals surface area contributed by atoms with Crippen LogP contribution in [0.15, 0.2) is 0 Å². The van der Waals surface area contributed by atoms with E-state index in [9.17, 15) is 14.7 Å². The van der Waals surface area contributed by atoms with Crippen LogP contribution in [0, 0.1) is 0 Å². The molecule has 0 aliphatic heterocycles. The molecule has 0 aromatic heterocycles. The Kier molecular flexibility index (Phi) is 16.6. The second-order valence-corrected chi connectivity index (χ2v) is 3.32. The minimum atomic E-state index is -2.36. The van der Waals surface area contributed by atoms with Crippen LogP contribution in [0.4, 0.5) is 0 Å². The average Bonchev–Trinajstić information content (AvgIpc) is 2.25. The summed E-state index contributed by atoms with van der Waals surface area (Å²) in [6.45, 7) is 1.82. The summed E-state index contributed by atoms with van der Waals surface area (Å²) in [5, 5.41) is 44.8. The van der Waals surface area contributed by atoms with E-state index in [1.807, 2.05) is 6.55 Å². The third kappa shape index (κ3) is 9.82. The van der Waals surface area contributed by atoms with Gasteiger partial charge in [0.05, 0.1) is 5.97 Å². The Morgan fingerprint density at radius 2 is 1.59 bits per heavy atom. The zero-order chi connectivity index (χ0) is 13.3. The van der Waals surface area contributed by atoms with Gasteiger partial charge in [0.1, 0.15) is 24.4 Å². The van der Waals surface area contributed by atoms with Gasteiger partial charge in [-0.15, -0.1) is 0 Å². The topological polar surface area (TPSA) is 158 Å². The molecule has 0 saturated heterocycles. The maximum absolute atomic E-state index is 9.95. The van der Waals surface area contributed by atoms with E-state index in [-0.39, 0.29) is 35.8 Å². The average molecular weight is 278 g/mol. The fraction of sp³-hybridized carbons (Fsp3) is 0.714. The summed E-state index contributed by atoms with van der Waals surface area (Å²) in [5.74, 6) is -2.01. The van der Waals surface area contributed by atoms with Gasteiger partial charge in [0.2, 0.25) is 0 Å². The molecule has 0 aliphatic carbocycles. The molecular weight excluding hydrogens is 263 g/mol. The van der Waals surface area contributed by atoms with Gasteiger partial charge >= 0.3 is 29.6 Å². The standard InChI is InChI=1S/C6H10O7.CH6OSi.Na/c7-1-2(8)3(9)4(10)5(11)6(12)13;1-3-2;/h1-5,8-11H,(H,12,13);2H,3H2,1H3;/q;;+1/p-1/t2-,3-,4+,5+;;/m1../s1. The number of rotatable bonds is 5. The van der Waals surface area contributed by atoms with Crippen LogP contribution in [0.3, 0.4) is 0 Å². The van der Waals surface area contributed by atoms with Crippen LogP contribution in [-0.2, 0) is 9.59 Å². The molecular formula is C7H15NaO8Si. The number of aliphatic hydroxyl groups excluding tert-OH is 4. The van der Waals surface area contributed by atoms with Crippen molar-refractivity contribution in [3.05, 3.63) is 0 Å². The van der Waals surface area contributed by atoms with Gasteiger partial charge in [-0.2, -0.15) is 0 Å². The minimum Gasteiger partial charge on any atom is -0.547 e. The molecule has 0 amide bonds. The Morgan fingerprint density at radius 3 is 1.82 bits per heavy atom. The molecule has 0 unspecified atom stereocenters. The number of hydrogen-bond donors (Lipinski definition) is 5. The summed E-state index contributed by atoms with van der Waals surface area (Å²) >= 11 is 0. The number of aliphatic hydroxyl groups is 4. The molecule has 0 saturated carbocycles. The van der Waals surface area contributed by atoms with Crippen molar-refractivity contribution in [1.82, 2.24) is 0 Å². The fourth-order valence-corrected chi connectivity index (χ4v) is 0.609. The van der Waals surface area contributed by atoms with Gasteiger partial charge in [-0.05, 0) is 0 Å². The second kappa shape index (κ2) is 12.6. The summed E-state index contributed by atoms with van der Waals surface area (Å²) in [6, 6.07) is 0. The van der Waals surface area contributed by atoms with Crippen LogP contribution in [0.5, 0.6) is 0 Å². The zero-order valence-corrected chi connectivity index (χ0v) is 13.0. The first kappa shape index (κ1) is 22.3. The molecule has 4 atom stereocenters. The van der Waals surface area contributed by atoms with Gasteiger partial charge in [0, 0.05) is 0 Å². The van der Waals surface area contributed by atoms with E-state index in [1.165, 1.54) is 0 Å². The molecule has 5 N–H and O–H groups in total. The third-order valence-electron chi connectivity index (χ3n) is 1.40. The van der Waals surface area contributed by atoms with Crippen LogP contribution in [-0.4, -0.2) is 71.7 Å². The van der Waals surface area contributed by atoms with Crippen LogP contribution in [0.2, 0.25) is 6.55 Å². The Labute approximate surface area is 122 Å². The Morgan fingerprint density at radius 1 is 1.24 bits per heavy atom. The predicted molar refractivity (Wildman–Crippen MR) is 51.7 cm³/mol. The van der Waals surface area contributed by atoms with E-state index >= 15 is 0 Å². The Balaban J connectivity index is -0.000000440. The molecule has 17 heavy (non-hydrogen) atoms. The van der Waals surface area contributed by atoms with Gasteiger partial charge in [-0.3, -0.25) is 0 Å². The fourth-order valence-electron chi connectivity index (χ4n) is 0.609. The molecule has 0 aliphatic rings. The summed E-state index contributed by atoms with van der Waals surface area (Å²) < 4.78 is 0. The smallest absolute Gasteiger partial charge is 0.547 e. The van der Waals surface area contributed by atoms with Crippen LogP contribution in [0.25, 0.3) is 0 Å². The summed E-state index contributed by atoms with van der Waals surface area (Å²) in [4.78, 5) is 27.5. The Bertz CT molecular complexity index is 216. The van der Waals surface area contributed by atoms with Gasteiger partial charge in [0.15, 0.2) is 16.0 Å². The second-order valence-electron chi connectivity index (χ2n) is 2.69. The quantitative estimate of drug-likeness (QED) is 0.245. The number of carbonyl (C=O) groups is 2. The van der Waals surface area contributed by atoms with Crippen molar-refractivity contribution in [2.24, 2.45) is 0 Å². The van der Waals surface area contributed by atoms with E-state index in [0.717, 1.165) is 0 Å². The normalized spacial score (nSPS) is 17.1. The molecule has 0 spiro atoms. The number of carboxylic acids is 1. The van der Waals surface area contributed by atoms with Crippen molar-refractivity contribution >= 4 is 22.0 Å². The molecule has 8 nitrogen and oxygen atoms in total. The van der Waals surface area contributed by atoms with E-state index in [2.05, 4.69) is 0 Å². The number of hydrogen-bond acceptors (Lipinski definition) is 8. The summed E-state index contributed by atoms with van der Waals surface area (Å²) in [5.41, 5.74) is 0. The van der Waals surface area contributed by atoms with Crippen molar-refractivity contribution in [1.29, 1.82) is 0 Å². The van der Waals surface area contributed by atoms with Crippen LogP contribution in [0.1, 0.15) is 0 Å². The van der Waals surface area contributed by atoms with Crippen molar-refractivity contribution in [2.45, 2.75) is 31.0 Å². The van der Waals surface area contributed by atoms with Crippen molar-refractivity contribution in [2.75, 3.05) is 0 Å². The van der Waals surface area contributed by atoms with Gasteiger partial charge in [0.25, 0.3) is 0 Å². The van der Waals surface area contributed by atoms with E-state index in [4.69, 9.17) is 25.2 Å². The molecule has 0 bridgehead atoms. The molecule has 0 aromatic carbocycles. The molecule has 96 valence electrons. The SMILES string of the molecule is C[SiH2]O.O=C[C@@H](O)[C@@H](O)[C@H](O)[C@H](O)C(=O)[O-].[Na+]. The van der Waals surface area contributed by atoms with Crippen molar-refractivity contribution in [3.63, 3.8) is 0 Å². The zero-order valence-electron chi connectivity index (χ0n) is 9.55. The first-order valence-electron chi connectivity index (χ1n) is 4.32. The number of carbonyl (C=O) groups excluding carboxylic acids is 2. The molecule has 10 heteroatoms. The largest absolute Gasteiger partial charge is 1.00 e. The number of aliphatic carboxylic acids is 1. The number of aldehydes is 1. The first-order chi connectivity index (χ1) is 7.33. The predicted octanol–water partition coefficient (Wildman–Crippen LogP) is -8.51. The molecule has 0 aromatic rings. The van der Waals surface area contributed by atoms with Gasteiger partial charge in [-0.25, -0.2) is 0 Å². The Hall–Kier alpha value is 0.157. The third-order valence-corrected chi connectivity index (χ3v) is 1.40. The minimum absolute atomic E-state index is 0. The van der Waals surface area contributed by atoms with Gasteiger partial charge < -0.3 is 39.9 Å². The van der Waals surface area contributed by atoms with E-state index < -0.39 is 40.1 Å². The summed E-state index contributed by atoms with van der Waals surface area (Å²) in [7, 11) is -0.583. The molecule has 0 radical (unpaired) electrons. The van der Waals surface area contributed by atoms with Crippen LogP contribution < -0.4 is 34.7 Å². The summed E-state index contributed by atoms with van der Waals surface area (Å²) in [6.07, 6.45) is -8.65. The number of carboxylic acid groups (broad SMARTS) is 1. The van der Waals surface area contributed by atoms with E-state index in [1.54, 1.807) is 0 Å². The first-order valence-corrected chi connectivity index (χ1v) is 6.37. The molecule has 0 rings (SSSR count). The molecule has 0 fully saturated rings. The van der Waals surface area contributed by atoms with Crippen molar-refractivity contribution in [3.8, 4) is 0 Å². The van der Waals surface area contributed by atoms with Crippen molar-refractivity contribution < 1.29 is 69.5 Å². The maximum Gasteiger partial charge on any atom is 1.00 e. The monoisotopic (exact) mass is 278 g/mol. The van der Waals surface area contributed by atoms with Crippen LogP contribution >= 0.6 is 0 Å². The molecule has 0 heterocycles. The van der Waals surface area contributed by atoms with Gasteiger partial charge in [-0.1, -0.05) is 6.55 Å². The maximum atomic E-state index is 9.95. The van der Waals surface area contributed by atoms with E-state index in [0.29, 0.717) is 0 Å².